The molecule has 1 atom stereocenters. The molecule has 0 aromatic heterocycles. The molecule has 0 spiro atoms. The number of hydrogen-bond donors (Lipinski definition) is 1. The maximum Gasteiger partial charge on any atom is 0.302 e. The minimum Gasteiger partial charge on any atom is -0.465 e. The van der Waals surface area contributed by atoms with Gasteiger partial charge in [0.05, 0.1) is 0 Å². The lowest BCUT2D eigenvalue weighted by atomic mass is 9.97. The fourth-order valence-corrected chi connectivity index (χ4v) is 5.45. The number of anilines is 1. The van der Waals surface area contributed by atoms with Crippen LogP contribution in [0.2, 0.25) is 0 Å². The lowest BCUT2D eigenvalue weighted by Crippen LogP contribution is -2.12. The summed E-state index contributed by atoms with van der Waals surface area (Å²) in [5.41, 5.74) is 5.37. The van der Waals surface area contributed by atoms with Crippen molar-refractivity contribution >= 4 is 23.9 Å². The monoisotopic (exact) mass is 519 g/mol. The van der Waals surface area contributed by atoms with Crippen LogP contribution in [0.4, 0.5) is 5.69 Å². The first kappa shape index (κ1) is 29.6. The third-order valence-corrected chi connectivity index (χ3v) is 7.52. The van der Waals surface area contributed by atoms with E-state index in [0.717, 1.165) is 54.3 Å². The number of amides is 1. The van der Waals surface area contributed by atoms with Crippen LogP contribution in [0.15, 0.2) is 42.5 Å². The van der Waals surface area contributed by atoms with Gasteiger partial charge in [0, 0.05) is 31.4 Å². The molecule has 1 unspecified atom stereocenters. The van der Waals surface area contributed by atoms with Gasteiger partial charge in [0.1, 0.15) is 12.9 Å². The van der Waals surface area contributed by atoms with E-state index in [0.29, 0.717) is 13.0 Å². The van der Waals surface area contributed by atoms with Crippen molar-refractivity contribution in [3.05, 3.63) is 53.6 Å². The number of aldehydes is 1. The molecular weight excluding hydrogens is 474 g/mol. The summed E-state index contributed by atoms with van der Waals surface area (Å²) < 4.78 is 5.36. The summed E-state index contributed by atoms with van der Waals surface area (Å²) in [7, 11) is 0. The van der Waals surface area contributed by atoms with Gasteiger partial charge in [-0.25, -0.2) is 0 Å². The zero-order valence-electron chi connectivity index (χ0n) is 23.1. The number of nitrogens with one attached hydrogen (secondary N) is 1. The number of hydrogen-bond acceptors (Lipinski definition) is 4. The first-order chi connectivity index (χ1) is 18.6. The Morgan fingerprint density at radius 1 is 0.763 bits per heavy atom. The Kier molecular flexibility index (Phi) is 13.1. The minimum atomic E-state index is -0.282. The highest BCUT2D eigenvalue weighted by Gasteiger charge is 2.29. The molecule has 5 nitrogen and oxygen atoms in total. The van der Waals surface area contributed by atoms with Crippen LogP contribution >= 0.6 is 0 Å². The molecule has 2 aromatic carbocycles. The molecule has 0 saturated carbocycles. The predicted molar refractivity (Wildman–Crippen MR) is 154 cm³/mol. The second kappa shape index (κ2) is 16.8. The summed E-state index contributed by atoms with van der Waals surface area (Å²) in [4.78, 5) is 34.3. The van der Waals surface area contributed by atoms with E-state index < -0.39 is 0 Å². The molecule has 0 fully saturated rings. The van der Waals surface area contributed by atoms with Gasteiger partial charge in [-0.2, -0.15) is 0 Å². The Hall–Kier alpha value is -2.95. The fourth-order valence-electron chi connectivity index (χ4n) is 5.45. The van der Waals surface area contributed by atoms with Crippen molar-refractivity contribution in [2.24, 2.45) is 0 Å². The summed E-state index contributed by atoms with van der Waals surface area (Å²) in [6, 6.07) is 14.3. The van der Waals surface area contributed by atoms with Gasteiger partial charge in [-0.15, -0.1) is 0 Å². The maximum atomic E-state index is 12.6. The molecule has 1 N–H and O–H groups in total. The molecule has 2 aromatic rings. The molecule has 1 aliphatic rings. The Labute approximate surface area is 228 Å². The molecule has 1 aliphatic carbocycles. The molecule has 0 heterocycles. The standard InChI is InChI=1S/C33H45NO4/c1-26(36)38-25-32-29-19-16-15-18-28(29)30-22-21-27(24-31(30)32)34-33(37)20-14-12-10-8-6-4-2-3-5-7-9-11-13-17-23-35/h15-16,18-19,21-24,32H,2-14,17,20,25H2,1H3,(H,34,37). The van der Waals surface area contributed by atoms with Crippen molar-refractivity contribution in [3.8, 4) is 11.1 Å². The highest BCUT2D eigenvalue weighted by atomic mass is 16.5. The largest absolute Gasteiger partial charge is 0.465 e. The number of carbonyl (C=O) groups is 3. The summed E-state index contributed by atoms with van der Waals surface area (Å²) in [6.07, 6.45) is 18.1. The summed E-state index contributed by atoms with van der Waals surface area (Å²) in [6.45, 7) is 1.74. The first-order valence-electron chi connectivity index (χ1n) is 14.7. The Bertz CT molecular complexity index is 1030. The van der Waals surface area contributed by atoms with E-state index in [1.165, 1.54) is 76.7 Å². The van der Waals surface area contributed by atoms with Crippen LogP contribution in [-0.4, -0.2) is 24.8 Å². The molecule has 206 valence electrons. The molecule has 3 rings (SSSR count). The van der Waals surface area contributed by atoms with Gasteiger partial charge in [-0.3, -0.25) is 9.59 Å². The van der Waals surface area contributed by atoms with Crippen LogP contribution in [0.25, 0.3) is 11.1 Å². The minimum absolute atomic E-state index is 0.0128. The van der Waals surface area contributed by atoms with Gasteiger partial charge in [0.2, 0.25) is 5.91 Å². The van der Waals surface area contributed by atoms with E-state index in [1.54, 1.807) is 0 Å². The van der Waals surface area contributed by atoms with Crippen LogP contribution in [0.3, 0.4) is 0 Å². The number of rotatable bonds is 19. The number of esters is 1. The molecule has 0 radical (unpaired) electrons. The van der Waals surface area contributed by atoms with Crippen LogP contribution in [0.1, 0.15) is 120 Å². The molecule has 0 saturated heterocycles. The quantitative estimate of drug-likeness (QED) is 0.115. The van der Waals surface area contributed by atoms with Crippen molar-refractivity contribution < 1.29 is 19.1 Å². The first-order valence-corrected chi connectivity index (χ1v) is 14.7. The third-order valence-electron chi connectivity index (χ3n) is 7.52. The van der Waals surface area contributed by atoms with E-state index in [9.17, 15) is 14.4 Å². The van der Waals surface area contributed by atoms with Gasteiger partial charge in [-0.05, 0) is 47.2 Å². The Morgan fingerprint density at radius 2 is 1.34 bits per heavy atom. The van der Waals surface area contributed by atoms with E-state index in [2.05, 4.69) is 23.5 Å². The van der Waals surface area contributed by atoms with Gasteiger partial charge < -0.3 is 14.8 Å². The van der Waals surface area contributed by atoms with Crippen LogP contribution in [0.5, 0.6) is 0 Å². The zero-order chi connectivity index (χ0) is 27.0. The topological polar surface area (TPSA) is 72.5 Å². The van der Waals surface area contributed by atoms with E-state index in [-0.39, 0.29) is 17.8 Å². The highest BCUT2D eigenvalue weighted by molar-refractivity contribution is 5.92. The van der Waals surface area contributed by atoms with Crippen molar-refractivity contribution in [1.29, 1.82) is 0 Å². The van der Waals surface area contributed by atoms with E-state index >= 15 is 0 Å². The lowest BCUT2D eigenvalue weighted by Gasteiger charge is -2.14. The third kappa shape index (κ3) is 9.74. The number of benzene rings is 2. The Morgan fingerprint density at radius 3 is 1.97 bits per heavy atom. The number of unbranched alkanes of at least 4 members (excludes halogenated alkanes) is 13. The second-order valence-corrected chi connectivity index (χ2v) is 10.6. The molecule has 38 heavy (non-hydrogen) atoms. The normalized spacial score (nSPS) is 13.6. The van der Waals surface area contributed by atoms with Gasteiger partial charge in [0.25, 0.3) is 0 Å². The SMILES string of the molecule is CC(=O)OCC1c2ccccc2-c2ccc(NC(=O)CCCCCCCCCCCCCCCC=O)cc21. The van der Waals surface area contributed by atoms with Crippen molar-refractivity contribution in [3.63, 3.8) is 0 Å². The zero-order valence-corrected chi connectivity index (χ0v) is 23.1. The van der Waals surface area contributed by atoms with Crippen LogP contribution in [0, 0.1) is 0 Å². The average molecular weight is 520 g/mol. The van der Waals surface area contributed by atoms with E-state index in [4.69, 9.17) is 4.74 Å². The van der Waals surface area contributed by atoms with E-state index in [1.807, 2.05) is 24.3 Å². The van der Waals surface area contributed by atoms with Crippen molar-refractivity contribution in [2.45, 2.75) is 109 Å². The average Bonchev–Trinajstić information content (AvgIpc) is 3.22. The van der Waals surface area contributed by atoms with Crippen LogP contribution < -0.4 is 5.32 Å². The molecule has 1 amide bonds. The van der Waals surface area contributed by atoms with Crippen LogP contribution in [-0.2, 0) is 19.1 Å². The number of ether oxygens (including phenoxy) is 1. The van der Waals surface area contributed by atoms with Crippen molar-refractivity contribution in [2.75, 3.05) is 11.9 Å². The molecule has 0 bridgehead atoms. The predicted octanol–water partition coefficient (Wildman–Crippen LogP) is 8.35. The highest BCUT2D eigenvalue weighted by Crippen LogP contribution is 2.45. The number of carbonyl (C=O) groups excluding carboxylic acids is 3. The van der Waals surface area contributed by atoms with Crippen molar-refractivity contribution in [1.82, 2.24) is 0 Å². The lowest BCUT2D eigenvalue weighted by molar-refractivity contribution is -0.141. The molecule has 0 aliphatic heterocycles. The molecular formula is C33H45NO4. The summed E-state index contributed by atoms with van der Waals surface area (Å²) in [5, 5.41) is 3.07. The van der Waals surface area contributed by atoms with Gasteiger partial charge in [-0.1, -0.05) is 101 Å². The van der Waals surface area contributed by atoms with Gasteiger partial charge in [0.15, 0.2) is 0 Å². The van der Waals surface area contributed by atoms with Gasteiger partial charge >= 0.3 is 5.97 Å². The maximum absolute atomic E-state index is 12.6. The Balaban J connectivity index is 1.29. The number of fused-ring (bicyclic) bond motifs is 3. The smallest absolute Gasteiger partial charge is 0.302 e. The molecule has 5 heteroatoms. The second-order valence-electron chi connectivity index (χ2n) is 10.6. The summed E-state index contributed by atoms with van der Waals surface area (Å²) in [5.74, 6) is -0.237. The fraction of sp³-hybridized carbons (Fsp3) is 0.545. The summed E-state index contributed by atoms with van der Waals surface area (Å²) >= 11 is 0.